The maximum atomic E-state index is 12.5. The molecule has 1 N–H and O–H groups in total. The number of ether oxygens (including phenoxy) is 1. The number of benzene rings is 1. The number of para-hydroxylation sites is 1. The van der Waals surface area contributed by atoms with E-state index in [2.05, 4.69) is 5.32 Å². The molecular formula is C17H21NO3. The highest BCUT2D eigenvalue weighted by Gasteiger charge is 2.48. The zero-order valence-electron chi connectivity index (χ0n) is 12.7. The number of anilines is 1. The average molecular weight is 287 g/mol. The summed E-state index contributed by atoms with van der Waals surface area (Å²) in [5, 5.41) is 2.95. The minimum absolute atomic E-state index is 0.0322. The van der Waals surface area contributed by atoms with Crippen molar-refractivity contribution in [3.05, 3.63) is 29.8 Å². The molecule has 1 fully saturated rings. The predicted molar refractivity (Wildman–Crippen MR) is 79.9 cm³/mol. The number of esters is 1. The Morgan fingerprint density at radius 1 is 1.24 bits per heavy atom. The molecule has 3 rings (SSSR count). The molecule has 2 aliphatic rings. The molecule has 1 amide bonds. The highest BCUT2D eigenvalue weighted by atomic mass is 16.6. The molecule has 0 radical (unpaired) electrons. The molecule has 4 nitrogen and oxygen atoms in total. The molecule has 3 atom stereocenters. The van der Waals surface area contributed by atoms with E-state index in [0.29, 0.717) is 6.42 Å². The van der Waals surface area contributed by atoms with Crippen molar-refractivity contribution in [2.75, 3.05) is 5.32 Å². The molecule has 0 saturated heterocycles. The Bertz CT molecular complexity index is 588. The summed E-state index contributed by atoms with van der Waals surface area (Å²) in [7, 11) is 0. The maximum absolute atomic E-state index is 12.5. The Hall–Kier alpha value is -1.84. The Balaban J connectivity index is 1.93. The fraction of sp³-hybridized carbons (Fsp3) is 0.529. The number of amides is 1. The van der Waals surface area contributed by atoms with Gasteiger partial charge in [-0.05, 0) is 45.2 Å². The Kier molecular flexibility index (Phi) is 3.27. The van der Waals surface area contributed by atoms with Crippen LogP contribution < -0.4 is 5.32 Å². The smallest absolute Gasteiger partial charge is 0.310 e. The molecule has 0 aromatic heterocycles. The van der Waals surface area contributed by atoms with Crippen LogP contribution in [0.15, 0.2) is 24.3 Å². The second-order valence-corrected chi connectivity index (χ2v) is 6.93. The molecule has 1 saturated carbocycles. The summed E-state index contributed by atoms with van der Waals surface area (Å²) in [5.74, 6) is -0.534. The van der Waals surface area contributed by atoms with Crippen molar-refractivity contribution in [3.8, 4) is 0 Å². The quantitative estimate of drug-likeness (QED) is 0.808. The monoisotopic (exact) mass is 287 g/mol. The van der Waals surface area contributed by atoms with Gasteiger partial charge < -0.3 is 10.1 Å². The van der Waals surface area contributed by atoms with Crippen LogP contribution in [-0.2, 0) is 14.3 Å². The first-order chi connectivity index (χ1) is 9.87. The summed E-state index contributed by atoms with van der Waals surface area (Å²) in [4.78, 5) is 24.7. The van der Waals surface area contributed by atoms with Gasteiger partial charge in [-0.3, -0.25) is 9.59 Å². The van der Waals surface area contributed by atoms with Crippen LogP contribution in [0.1, 0.15) is 45.1 Å². The van der Waals surface area contributed by atoms with Gasteiger partial charge in [0, 0.05) is 17.5 Å². The average Bonchev–Trinajstić information content (AvgIpc) is 2.82. The van der Waals surface area contributed by atoms with Gasteiger partial charge in [-0.15, -0.1) is 0 Å². The first-order valence-electron chi connectivity index (χ1n) is 7.49. The van der Waals surface area contributed by atoms with Crippen molar-refractivity contribution >= 4 is 17.6 Å². The highest BCUT2D eigenvalue weighted by molar-refractivity contribution is 5.98. The zero-order chi connectivity index (χ0) is 15.2. The van der Waals surface area contributed by atoms with Gasteiger partial charge in [0.2, 0.25) is 5.91 Å². The number of fused-ring (bicyclic) bond motifs is 3. The lowest BCUT2D eigenvalue weighted by molar-refractivity contribution is -0.160. The van der Waals surface area contributed by atoms with E-state index in [-0.39, 0.29) is 29.6 Å². The maximum Gasteiger partial charge on any atom is 0.310 e. The standard InChI is InChI=1S/C17H21NO3/c1-17(2,3)21-16(20)12-9-8-11-14(12)10-6-4-5-7-13(10)18-15(11)19/h4-7,11-12,14H,8-9H2,1-3H3,(H,18,19). The number of hydrogen-bond acceptors (Lipinski definition) is 3. The molecule has 1 aliphatic heterocycles. The van der Waals surface area contributed by atoms with Crippen molar-refractivity contribution < 1.29 is 14.3 Å². The predicted octanol–water partition coefficient (Wildman–Crippen LogP) is 3.09. The number of carbonyl (C=O) groups excluding carboxylic acids is 2. The lowest BCUT2D eigenvalue weighted by Gasteiger charge is -2.32. The lowest BCUT2D eigenvalue weighted by atomic mass is 9.79. The molecule has 112 valence electrons. The van der Waals surface area contributed by atoms with Crippen LogP contribution in [0, 0.1) is 11.8 Å². The van der Waals surface area contributed by atoms with Crippen molar-refractivity contribution in [1.29, 1.82) is 0 Å². The van der Waals surface area contributed by atoms with E-state index < -0.39 is 5.60 Å². The van der Waals surface area contributed by atoms with Crippen LogP contribution in [0.25, 0.3) is 0 Å². The molecule has 0 bridgehead atoms. The van der Waals surface area contributed by atoms with E-state index in [1.165, 1.54) is 0 Å². The number of rotatable bonds is 1. The van der Waals surface area contributed by atoms with Crippen LogP contribution in [0.4, 0.5) is 5.69 Å². The molecule has 4 heteroatoms. The minimum Gasteiger partial charge on any atom is -0.460 e. The summed E-state index contributed by atoms with van der Waals surface area (Å²) >= 11 is 0. The summed E-state index contributed by atoms with van der Waals surface area (Å²) in [5.41, 5.74) is 1.40. The van der Waals surface area contributed by atoms with Crippen LogP contribution in [0.5, 0.6) is 0 Å². The fourth-order valence-electron chi connectivity index (χ4n) is 3.50. The number of hydrogen-bond donors (Lipinski definition) is 1. The second-order valence-electron chi connectivity index (χ2n) is 6.93. The van der Waals surface area contributed by atoms with Gasteiger partial charge in [-0.25, -0.2) is 0 Å². The van der Waals surface area contributed by atoms with E-state index in [1.54, 1.807) is 0 Å². The second kappa shape index (κ2) is 4.86. The molecule has 3 unspecified atom stereocenters. The van der Waals surface area contributed by atoms with Crippen LogP contribution >= 0.6 is 0 Å². The first-order valence-corrected chi connectivity index (χ1v) is 7.49. The fourth-order valence-corrected chi connectivity index (χ4v) is 3.50. The third-order valence-corrected chi connectivity index (χ3v) is 4.28. The summed E-state index contributed by atoms with van der Waals surface area (Å²) in [6.07, 6.45) is 1.46. The lowest BCUT2D eigenvalue weighted by Crippen LogP contribution is -2.36. The van der Waals surface area contributed by atoms with E-state index in [1.807, 2.05) is 45.0 Å². The van der Waals surface area contributed by atoms with Gasteiger partial charge in [0.1, 0.15) is 5.60 Å². The normalized spacial score (nSPS) is 27.6. The Morgan fingerprint density at radius 3 is 2.67 bits per heavy atom. The summed E-state index contributed by atoms with van der Waals surface area (Å²) < 4.78 is 5.55. The van der Waals surface area contributed by atoms with Crippen molar-refractivity contribution in [2.45, 2.75) is 45.1 Å². The van der Waals surface area contributed by atoms with Gasteiger partial charge in [-0.2, -0.15) is 0 Å². The summed E-state index contributed by atoms with van der Waals surface area (Å²) in [6.45, 7) is 5.62. The van der Waals surface area contributed by atoms with Gasteiger partial charge in [-0.1, -0.05) is 18.2 Å². The molecule has 1 aromatic rings. The molecule has 1 heterocycles. The van der Waals surface area contributed by atoms with Gasteiger partial charge in [0.05, 0.1) is 5.92 Å². The summed E-state index contributed by atoms with van der Waals surface area (Å²) in [6, 6.07) is 7.76. The van der Waals surface area contributed by atoms with E-state index in [9.17, 15) is 9.59 Å². The molecular weight excluding hydrogens is 266 g/mol. The van der Waals surface area contributed by atoms with Crippen LogP contribution in [-0.4, -0.2) is 17.5 Å². The van der Waals surface area contributed by atoms with Gasteiger partial charge in [0.25, 0.3) is 0 Å². The number of carbonyl (C=O) groups is 2. The van der Waals surface area contributed by atoms with E-state index in [4.69, 9.17) is 4.74 Å². The third kappa shape index (κ3) is 2.55. The highest BCUT2D eigenvalue weighted by Crippen LogP contribution is 2.50. The first kappa shape index (κ1) is 14.1. The molecule has 1 aliphatic carbocycles. The minimum atomic E-state index is -0.494. The Labute approximate surface area is 124 Å². The van der Waals surface area contributed by atoms with Crippen LogP contribution in [0.2, 0.25) is 0 Å². The van der Waals surface area contributed by atoms with E-state index >= 15 is 0 Å². The van der Waals surface area contributed by atoms with Gasteiger partial charge >= 0.3 is 5.97 Å². The zero-order valence-corrected chi connectivity index (χ0v) is 12.7. The van der Waals surface area contributed by atoms with Crippen molar-refractivity contribution in [2.24, 2.45) is 11.8 Å². The third-order valence-electron chi connectivity index (χ3n) is 4.28. The SMILES string of the molecule is CC(C)(C)OC(=O)C1CCC2C(=O)Nc3ccccc3C21. The number of nitrogens with one attached hydrogen (secondary N) is 1. The largest absolute Gasteiger partial charge is 0.460 e. The van der Waals surface area contributed by atoms with Crippen LogP contribution in [0.3, 0.4) is 0 Å². The molecule has 0 spiro atoms. The van der Waals surface area contributed by atoms with Crippen molar-refractivity contribution in [1.82, 2.24) is 0 Å². The molecule has 1 aromatic carbocycles. The van der Waals surface area contributed by atoms with Gasteiger partial charge in [0.15, 0.2) is 0 Å². The molecule has 21 heavy (non-hydrogen) atoms. The van der Waals surface area contributed by atoms with E-state index in [0.717, 1.165) is 17.7 Å². The van der Waals surface area contributed by atoms with Crippen molar-refractivity contribution in [3.63, 3.8) is 0 Å². The Morgan fingerprint density at radius 2 is 1.95 bits per heavy atom. The topological polar surface area (TPSA) is 55.4 Å².